The summed E-state index contributed by atoms with van der Waals surface area (Å²) in [7, 11) is 0. The van der Waals surface area contributed by atoms with Gasteiger partial charge in [-0.2, -0.15) is 5.26 Å². The first-order valence-electron chi connectivity index (χ1n) is 4.88. The van der Waals surface area contributed by atoms with E-state index >= 15 is 0 Å². The third kappa shape index (κ3) is 1.94. The molecule has 0 fully saturated rings. The van der Waals surface area contributed by atoms with Crippen LogP contribution in [0.2, 0.25) is 0 Å². The molecule has 0 heterocycles. The molecule has 0 aliphatic heterocycles. The van der Waals surface area contributed by atoms with Crippen molar-refractivity contribution in [2.45, 2.75) is 26.2 Å². The molecule has 2 N–H and O–H groups in total. The number of hydrogen-bond acceptors (Lipinski definition) is 2. The second kappa shape index (κ2) is 3.90. The lowest BCUT2D eigenvalue weighted by Gasteiger charge is -2.27. The number of nitrogens with zero attached hydrogens (tertiary/aromatic N) is 1. The molecule has 1 aromatic carbocycles. The van der Waals surface area contributed by atoms with Crippen molar-refractivity contribution in [1.82, 2.24) is 0 Å². The molecule has 15 heavy (non-hydrogen) atoms. The fraction of sp³-hybridized carbons (Fsp3) is 0.417. The third-order valence-electron chi connectivity index (χ3n) is 2.96. The number of nitrogen functional groups attached to an aromatic ring is 1. The van der Waals surface area contributed by atoms with Crippen LogP contribution in [0.5, 0.6) is 0 Å². The molecule has 80 valence electrons. The van der Waals surface area contributed by atoms with Gasteiger partial charge in [-0.05, 0) is 36.6 Å². The van der Waals surface area contributed by atoms with Gasteiger partial charge < -0.3 is 5.73 Å². The number of benzene rings is 1. The first-order valence-corrected chi connectivity index (χ1v) is 4.88. The molecule has 3 heteroatoms. The largest absolute Gasteiger partial charge is 0.398 e. The molecule has 0 spiro atoms. The average Bonchev–Trinajstić information content (AvgIpc) is 2.20. The number of nitriles is 1. The van der Waals surface area contributed by atoms with E-state index in [1.807, 2.05) is 13.8 Å². The maximum absolute atomic E-state index is 13.1. The Hall–Kier alpha value is -1.56. The smallest absolute Gasteiger partial charge is 0.123 e. The van der Waals surface area contributed by atoms with Crippen LogP contribution in [0.25, 0.3) is 0 Å². The summed E-state index contributed by atoms with van der Waals surface area (Å²) >= 11 is 0. The molecule has 0 aliphatic rings. The molecular formula is C12H15FN2. The lowest BCUT2D eigenvalue weighted by Crippen LogP contribution is -2.27. The van der Waals surface area contributed by atoms with Crippen LogP contribution in [-0.2, 0) is 5.41 Å². The lowest BCUT2D eigenvalue weighted by atomic mass is 9.74. The highest BCUT2D eigenvalue weighted by molar-refractivity contribution is 5.53. The molecule has 0 saturated heterocycles. The zero-order chi connectivity index (χ0) is 11.6. The molecule has 0 aliphatic carbocycles. The van der Waals surface area contributed by atoms with E-state index in [1.54, 1.807) is 6.92 Å². The second-order valence-electron chi connectivity index (χ2n) is 4.20. The SMILES string of the molecule is CC(C)C(C)(C#N)c1cc(F)ccc1N. The van der Waals surface area contributed by atoms with Crippen molar-refractivity contribution in [1.29, 1.82) is 5.26 Å². The van der Waals surface area contributed by atoms with Gasteiger partial charge in [-0.1, -0.05) is 13.8 Å². The van der Waals surface area contributed by atoms with E-state index in [0.717, 1.165) is 0 Å². The Morgan fingerprint density at radius 3 is 2.53 bits per heavy atom. The minimum atomic E-state index is -0.744. The third-order valence-corrected chi connectivity index (χ3v) is 2.96. The van der Waals surface area contributed by atoms with Crippen molar-refractivity contribution in [2.75, 3.05) is 5.73 Å². The number of rotatable bonds is 2. The standard InChI is InChI=1S/C12H15FN2/c1-8(2)12(3,7-14)10-6-9(13)4-5-11(10)15/h4-6,8H,15H2,1-3H3. The topological polar surface area (TPSA) is 49.8 Å². The maximum atomic E-state index is 13.1. The van der Waals surface area contributed by atoms with Crippen LogP contribution >= 0.6 is 0 Å². The van der Waals surface area contributed by atoms with Crippen molar-refractivity contribution >= 4 is 5.69 Å². The van der Waals surface area contributed by atoms with Gasteiger partial charge in [-0.25, -0.2) is 4.39 Å². The van der Waals surface area contributed by atoms with Gasteiger partial charge in [0.25, 0.3) is 0 Å². The van der Waals surface area contributed by atoms with Crippen LogP contribution in [0.15, 0.2) is 18.2 Å². The van der Waals surface area contributed by atoms with Crippen molar-refractivity contribution < 1.29 is 4.39 Å². The average molecular weight is 206 g/mol. The first-order chi connectivity index (χ1) is 6.91. The molecule has 2 nitrogen and oxygen atoms in total. The van der Waals surface area contributed by atoms with E-state index in [2.05, 4.69) is 6.07 Å². The summed E-state index contributed by atoms with van der Waals surface area (Å²) in [5.41, 5.74) is 6.06. The molecule has 0 aromatic heterocycles. The van der Waals surface area contributed by atoms with Crippen LogP contribution < -0.4 is 5.73 Å². The van der Waals surface area contributed by atoms with E-state index in [1.165, 1.54) is 18.2 Å². The van der Waals surface area contributed by atoms with E-state index < -0.39 is 5.41 Å². The predicted octanol–water partition coefficient (Wildman–Crippen LogP) is 2.85. The zero-order valence-corrected chi connectivity index (χ0v) is 9.21. The van der Waals surface area contributed by atoms with Gasteiger partial charge in [-0.3, -0.25) is 0 Å². The van der Waals surface area contributed by atoms with E-state index in [4.69, 9.17) is 5.73 Å². The number of halogens is 1. The second-order valence-corrected chi connectivity index (χ2v) is 4.20. The van der Waals surface area contributed by atoms with Crippen molar-refractivity contribution in [3.05, 3.63) is 29.6 Å². The summed E-state index contributed by atoms with van der Waals surface area (Å²) in [4.78, 5) is 0. The Balaban J connectivity index is 3.37. The lowest BCUT2D eigenvalue weighted by molar-refractivity contribution is 0.430. The number of nitrogens with two attached hydrogens (primary N) is 1. The monoisotopic (exact) mass is 206 g/mol. The van der Waals surface area contributed by atoms with Gasteiger partial charge in [0.1, 0.15) is 5.82 Å². The van der Waals surface area contributed by atoms with Crippen molar-refractivity contribution in [2.24, 2.45) is 5.92 Å². The summed E-state index contributed by atoms with van der Waals surface area (Å²) in [6, 6.07) is 6.37. The molecule has 1 atom stereocenters. The quantitative estimate of drug-likeness (QED) is 0.756. The summed E-state index contributed by atoms with van der Waals surface area (Å²) in [5, 5.41) is 9.20. The first kappa shape index (κ1) is 11.5. The maximum Gasteiger partial charge on any atom is 0.123 e. The molecule has 0 saturated carbocycles. The molecule has 0 bridgehead atoms. The Bertz CT molecular complexity index is 407. The van der Waals surface area contributed by atoms with E-state index in [9.17, 15) is 9.65 Å². The van der Waals surface area contributed by atoms with Crippen LogP contribution in [-0.4, -0.2) is 0 Å². The Morgan fingerprint density at radius 1 is 1.47 bits per heavy atom. The number of anilines is 1. The highest BCUT2D eigenvalue weighted by Crippen LogP contribution is 2.35. The minimum absolute atomic E-state index is 0.0756. The van der Waals surface area contributed by atoms with Gasteiger partial charge in [0.15, 0.2) is 0 Å². The normalized spacial score (nSPS) is 14.7. The van der Waals surface area contributed by atoms with Gasteiger partial charge in [-0.15, -0.1) is 0 Å². The minimum Gasteiger partial charge on any atom is -0.398 e. The van der Waals surface area contributed by atoms with Gasteiger partial charge in [0.05, 0.1) is 11.5 Å². The van der Waals surface area contributed by atoms with E-state index in [0.29, 0.717) is 11.3 Å². The summed E-state index contributed by atoms with van der Waals surface area (Å²) in [6.45, 7) is 5.63. The van der Waals surface area contributed by atoms with Crippen molar-refractivity contribution in [3.63, 3.8) is 0 Å². The van der Waals surface area contributed by atoms with Crippen LogP contribution in [0.3, 0.4) is 0 Å². The molecular weight excluding hydrogens is 191 g/mol. The van der Waals surface area contributed by atoms with Crippen LogP contribution in [0.1, 0.15) is 26.3 Å². The van der Waals surface area contributed by atoms with Gasteiger partial charge >= 0.3 is 0 Å². The fourth-order valence-corrected chi connectivity index (χ4v) is 1.48. The summed E-state index contributed by atoms with van der Waals surface area (Å²) in [6.07, 6.45) is 0. The van der Waals surface area contributed by atoms with Crippen LogP contribution in [0, 0.1) is 23.1 Å². The Kier molecular flexibility index (Phi) is 2.99. The molecule has 1 unspecified atom stereocenters. The summed E-state index contributed by atoms with van der Waals surface area (Å²) in [5.74, 6) is -0.284. The van der Waals surface area contributed by atoms with Crippen molar-refractivity contribution in [3.8, 4) is 6.07 Å². The highest BCUT2D eigenvalue weighted by atomic mass is 19.1. The fourth-order valence-electron chi connectivity index (χ4n) is 1.48. The molecule has 1 aromatic rings. The van der Waals surface area contributed by atoms with Gasteiger partial charge in [0, 0.05) is 5.69 Å². The zero-order valence-electron chi connectivity index (χ0n) is 9.21. The van der Waals surface area contributed by atoms with Crippen LogP contribution in [0.4, 0.5) is 10.1 Å². The number of hydrogen-bond donors (Lipinski definition) is 1. The molecule has 0 amide bonds. The summed E-state index contributed by atoms with van der Waals surface area (Å²) < 4.78 is 13.1. The Labute approximate surface area is 89.5 Å². The predicted molar refractivity (Wildman–Crippen MR) is 58.6 cm³/mol. The highest BCUT2D eigenvalue weighted by Gasteiger charge is 2.32. The Morgan fingerprint density at radius 2 is 2.07 bits per heavy atom. The van der Waals surface area contributed by atoms with E-state index in [-0.39, 0.29) is 11.7 Å². The molecule has 1 rings (SSSR count). The van der Waals surface area contributed by atoms with Gasteiger partial charge in [0.2, 0.25) is 0 Å². The molecule has 0 radical (unpaired) electrons.